The van der Waals surface area contributed by atoms with Crippen molar-refractivity contribution in [2.24, 2.45) is 0 Å². The van der Waals surface area contributed by atoms with Crippen molar-refractivity contribution in [1.29, 1.82) is 0 Å². The predicted octanol–water partition coefficient (Wildman–Crippen LogP) is 2.26. The van der Waals surface area contributed by atoms with Crippen molar-refractivity contribution >= 4 is 21.7 Å². The Morgan fingerprint density at radius 2 is 1.55 bits per heavy atom. The van der Waals surface area contributed by atoms with Gasteiger partial charge in [-0.1, -0.05) is 42.5 Å². The van der Waals surface area contributed by atoms with Gasteiger partial charge in [0.25, 0.3) is 5.91 Å². The lowest BCUT2D eigenvalue weighted by Crippen LogP contribution is -2.51. The Balaban J connectivity index is 1.44. The summed E-state index contributed by atoms with van der Waals surface area (Å²) in [6, 6.07) is 16.4. The van der Waals surface area contributed by atoms with E-state index in [1.54, 1.807) is 36.1 Å². The van der Waals surface area contributed by atoms with E-state index in [4.69, 9.17) is 4.74 Å². The van der Waals surface area contributed by atoms with Crippen LogP contribution in [-0.4, -0.2) is 62.1 Å². The molecule has 8 heteroatoms. The van der Waals surface area contributed by atoms with Gasteiger partial charge in [-0.15, -0.1) is 0 Å². The van der Waals surface area contributed by atoms with Crippen LogP contribution < -0.4 is 4.74 Å². The molecule has 1 fully saturated rings. The lowest BCUT2D eigenvalue weighted by molar-refractivity contribution is -0.134. The second-order valence-corrected chi connectivity index (χ2v) is 9.63. The SMILES string of the molecule is CC(=O)CCc1ccc(OCC(=O)N2CCN(S(=O)(=O)Cc3ccccc3)CC2)cc1. The molecule has 0 saturated carbocycles. The first kappa shape index (κ1) is 23.0. The second kappa shape index (κ2) is 10.5. The van der Waals surface area contributed by atoms with Crippen LogP contribution in [0.25, 0.3) is 0 Å². The molecule has 0 N–H and O–H groups in total. The third-order valence-corrected chi connectivity index (χ3v) is 7.08. The Morgan fingerprint density at radius 1 is 0.903 bits per heavy atom. The number of hydrogen-bond donors (Lipinski definition) is 0. The van der Waals surface area contributed by atoms with Gasteiger partial charge in [0.05, 0.1) is 5.75 Å². The van der Waals surface area contributed by atoms with E-state index in [9.17, 15) is 18.0 Å². The van der Waals surface area contributed by atoms with E-state index >= 15 is 0 Å². The van der Waals surface area contributed by atoms with Crippen LogP contribution in [0.4, 0.5) is 0 Å². The summed E-state index contributed by atoms with van der Waals surface area (Å²) >= 11 is 0. The molecule has 0 bridgehead atoms. The molecular formula is C23H28N2O5S. The minimum atomic E-state index is -3.41. The third-order valence-electron chi connectivity index (χ3n) is 5.23. The van der Waals surface area contributed by atoms with Crippen molar-refractivity contribution in [2.75, 3.05) is 32.8 Å². The van der Waals surface area contributed by atoms with Gasteiger partial charge in [0.2, 0.25) is 10.0 Å². The summed E-state index contributed by atoms with van der Waals surface area (Å²) in [5, 5.41) is 0. The summed E-state index contributed by atoms with van der Waals surface area (Å²) in [7, 11) is -3.41. The number of amides is 1. The zero-order valence-corrected chi connectivity index (χ0v) is 18.5. The highest BCUT2D eigenvalue weighted by molar-refractivity contribution is 7.88. The summed E-state index contributed by atoms with van der Waals surface area (Å²) in [6.07, 6.45) is 1.19. The monoisotopic (exact) mass is 444 g/mol. The number of carbonyl (C=O) groups excluding carboxylic acids is 2. The number of sulfonamides is 1. The number of hydrogen-bond acceptors (Lipinski definition) is 5. The molecule has 2 aromatic rings. The number of aryl methyl sites for hydroxylation is 1. The Kier molecular flexibility index (Phi) is 7.81. The van der Waals surface area contributed by atoms with Gasteiger partial charge < -0.3 is 14.4 Å². The number of piperazine rings is 1. The van der Waals surface area contributed by atoms with Crippen LogP contribution in [0.3, 0.4) is 0 Å². The minimum absolute atomic E-state index is 0.0344. The Bertz CT molecular complexity index is 982. The first-order valence-electron chi connectivity index (χ1n) is 10.3. The summed E-state index contributed by atoms with van der Waals surface area (Å²) < 4.78 is 32.3. The van der Waals surface area contributed by atoms with Crippen molar-refractivity contribution in [3.8, 4) is 5.75 Å². The molecule has 0 aromatic heterocycles. The molecule has 3 rings (SSSR count). The molecule has 1 amide bonds. The van der Waals surface area contributed by atoms with Crippen molar-refractivity contribution < 1.29 is 22.7 Å². The molecule has 166 valence electrons. The standard InChI is InChI=1S/C23H28N2O5S/c1-19(26)7-8-20-9-11-22(12-10-20)30-17-23(27)24-13-15-25(16-14-24)31(28,29)18-21-5-3-2-4-6-21/h2-6,9-12H,7-8,13-18H2,1H3. The summed E-state index contributed by atoms with van der Waals surface area (Å²) in [5.41, 5.74) is 1.79. The van der Waals surface area contributed by atoms with Gasteiger partial charge in [-0.25, -0.2) is 8.42 Å². The maximum absolute atomic E-state index is 12.6. The molecule has 2 aromatic carbocycles. The maximum Gasteiger partial charge on any atom is 0.260 e. The van der Waals surface area contributed by atoms with E-state index in [2.05, 4.69) is 0 Å². The highest BCUT2D eigenvalue weighted by atomic mass is 32.2. The van der Waals surface area contributed by atoms with E-state index in [1.165, 1.54) is 4.31 Å². The van der Waals surface area contributed by atoms with E-state index in [-0.39, 0.29) is 37.1 Å². The lowest BCUT2D eigenvalue weighted by Gasteiger charge is -2.34. The predicted molar refractivity (Wildman–Crippen MR) is 118 cm³/mol. The average molecular weight is 445 g/mol. The molecule has 0 atom stereocenters. The Hall–Kier alpha value is -2.71. The van der Waals surface area contributed by atoms with Crippen LogP contribution in [-0.2, 0) is 31.8 Å². The van der Waals surface area contributed by atoms with E-state index in [0.717, 1.165) is 11.1 Å². The largest absolute Gasteiger partial charge is 0.484 e. The van der Waals surface area contributed by atoms with Gasteiger partial charge in [0.15, 0.2) is 6.61 Å². The summed E-state index contributed by atoms with van der Waals surface area (Å²) in [4.78, 5) is 25.2. The van der Waals surface area contributed by atoms with Crippen LogP contribution in [0, 0.1) is 0 Å². The first-order valence-corrected chi connectivity index (χ1v) is 11.9. The maximum atomic E-state index is 12.6. The molecular weight excluding hydrogens is 416 g/mol. The summed E-state index contributed by atoms with van der Waals surface area (Å²) in [5.74, 6) is 0.538. The molecule has 0 unspecified atom stereocenters. The number of ether oxygens (including phenoxy) is 1. The Morgan fingerprint density at radius 3 is 2.16 bits per heavy atom. The molecule has 0 radical (unpaired) electrons. The van der Waals surface area contributed by atoms with Crippen LogP contribution in [0.5, 0.6) is 5.75 Å². The van der Waals surface area contributed by atoms with Crippen LogP contribution in [0.2, 0.25) is 0 Å². The van der Waals surface area contributed by atoms with Crippen LogP contribution in [0.15, 0.2) is 54.6 Å². The van der Waals surface area contributed by atoms with Crippen LogP contribution in [0.1, 0.15) is 24.5 Å². The molecule has 0 aliphatic carbocycles. The quantitative estimate of drug-likeness (QED) is 0.592. The highest BCUT2D eigenvalue weighted by Crippen LogP contribution is 2.16. The van der Waals surface area contributed by atoms with Gasteiger partial charge in [0.1, 0.15) is 11.5 Å². The van der Waals surface area contributed by atoms with E-state index in [1.807, 2.05) is 30.3 Å². The normalized spacial score (nSPS) is 14.9. The molecule has 0 spiro atoms. The highest BCUT2D eigenvalue weighted by Gasteiger charge is 2.29. The zero-order chi connectivity index (χ0) is 22.3. The van der Waals surface area contributed by atoms with Gasteiger partial charge in [0, 0.05) is 32.6 Å². The fourth-order valence-electron chi connectivity index (χ4n) is 3.40. The van der Waals surface area contributed by atoms with Gasteiger partial charge in [-0.2, -0.15) is 4.31 Å². The summed E-state index contributed by atoms with van der Waals surface area (Å²) in [6.45, 7) is 2.74. The zero-order valence-electron chi connectivity index (χ0n) is 17.7. The van der Waals surface area contributed by atoms with Gasteiger partial charge >= 0.3 is 0 Å². The number of Topliss-reactive ketones (excluding diaryl/α,β-unsaturated/α-hetero) is 1. The van der Waals surface area contributed by atoms with Crippen molar-refractivity contribution in [3.63, 3.8) is 0 Å². The number of ketones is 1. The van der Waals surface area contributed by atoms with Crippen molar-refractivity contribution in [3.05, 3.63) is 65.7 Å². The Labute approximate surface area is 183 Å². The van der Waals surface area contributed by atoms with Gasteiger partial charge in [-0.3, -0.25) is 4.79 Å². The molecule has 1 aliphatic rings. The molecule has 1 saturated heterocycles. The number of benzene rings is 2. The fraction of sp³-hybridized carbons (Fsp3) is 0.391. The molecule has 7 nitrogen and oxygen atoms in total. The van der Waals surface area contributed by atoms with E-state index in [0.29, 0.717) is 31.7 Å². The average Bonchev–Trinajstić information content (AvgIpc) is 2.77. The molecule has 31 heavy (non-hydrogen) atoms. The third kappa shape index (κ3) is 6.90. The number of rotatable bonds is 9. The molecule has 1 aliphatic heterocycles. The lowest BCUT2D eigenvalue weighted by atomic mass is 10.1. The minimum Gasteiger partial charge on any atom is -0.484 e. The number of nitrogens with zero attached hydrogens (tertiary/aromatic N) is 2. The number of carbonyl (C=O) groups is 2. The van der Waals surface area contributed by atoms with Crippen molar-refractivity contribution in [2.45, 2.75) is 25.5 Å². The first-order chi connectivity index (χ1) is 14.8. The molecule has 1 heterocycles. The second-order valence-electron chi connectivity index (χ2n) is 7.66. The van der Waals surface area contributed by atoms with Crippen LogP contribution >= 0.6 is 0 Å². The van der Waals surface area contributed by atoms with Crippen molar-refractivity contribution in [1.82, 2.24) is 9.21 Å². The topological polar surface area (TPSA) is 84.0 Å². The smallest absolute Gasteiger partial charge is 0.260 e. The van der Waals surface area contributed by atoms with E-state index < -0.39 is 10.0 Å². The van der Waals surface area contributed by atoms with Gasteiger partial charge in [-0.05, 0) is 36.6 Å². The fourth-order valence-corrected chi connectivity index (χ4v) is 4.92.